The van der Waals surface area contributed by atoms with Crippen molar-refractivity contribution in [1.29, 1.82) is 0 Å². The first-order chi connectivity index (χ1) is 9.87. The van der Waals surface area contributed by atoms with Gasteiger partial charge in [0.25, 0.3) is 10.0 Å². The Morgan fingerprint density at radius 2 is 2.00 bits per heavy atom. The maximum atomic E-state index is 12.3. The van der Waals surface area contributed by atoms with E-state index in [4.69, 9.17) is 10.5 Å². The predicted molar refractivity (Wildman–Crippen MR) is 87.9 cm³/mol. The number of hydrogen-bond acceptors (Lipinski definition) is 4. The summed E-state index contributed by atoms with van der Waals surface area (Å²) in [6.07, 6.45) is 1.40. The fourth-order valence-corrected chi connectivity index (χ4v) is 4.13. The van der Waals surface area contributed by atoms with E-state index in [-0.39, 0.29) is 11.4 Å². The zero-order chi connectivity index (χ0) is 15.6. The highest BCUT2D eigenvalue weighted by Crippen LogP contribution is 2.35. The quantitative estimate of drug-likeness (QED) is 0.668. The van der Waals surface area contributed by atoms with Gasteiger partial charge in [0, 0.05) is 29.0 Å². The summed E-state index contributed by atoms with van der Waals surface area (Å²) in [5.41, 5.74) is 6.48. The Morgan fingerprint density at radius 1 is 1.29 bits per heavy atom. The van der Waals surface area contributed by atoms with Crippen molar-refractivity contribution >= 4 is 47.6 Å². The van der Waals surface area contributed by atoms with Crippen LogP contribution in [-0.2, 0) is 16.6 Å². The number of methoxy groups -OCH3 is 1. The number of H-pyrrole nitrogens is 1. The van der Waals surface area contributed by atoms with Crippen molar-refractivity contribution in [1.82, 2.24) is 4.98 Å². The summed E-state index contributed by atoms with van der Waals surface area (Å²) < 4.78 is 33.6. The highest BCUT2D eigenvalue weighted by molar-refractivity contribution is 9.11. The molecule has 4 N–H and O–H groups in total. The number of aromatic amines is 1. The van der Waals surface area contributed by atoms with Gasteiger partial charge in [-0.15, -0.1) is 0 Å². The Balaban J connectivity index is 2.36. The summed E-state index contributed by atoms with van der Waals surface area (Å²) in [5.74, 6) is 0.521. The molecule has 0 aliphatic carbocycles. The monoisotopic (exact) mass is 437 g/mol. The molecule has 0 saturated heterocycles. The van der Waals surface area contributed by atoms with Gasteiger partial charge in [0.1, 0.15) is 10.6 Å². The molecular formula is C12H13Br2N3O3S. The van der Waals surface area contributed by atoms with Crippen molar-refractivity contribution < 1.29 is 13.2 Å². The summed E-state index contributed by atoms with van der Waals surface area (Å²) in [4.78, 5) is 2.93. The van der Waals surface area contributed by atoms with Gasteiger partial charge in [0.2, 0.25) is 0 Å². The molecule has 9 heteroatoms. The van der Waals surface area contributed by atoms with Crippen LogP contribution >= 0.6 is 31.9 Å². The van der Waals surface area contributed by atoms with E-state index in [0.717, 1.165) is 0 Å². The summed E-state index contributed by atoms with van der Waals surface area (Å²) in [7, 11) is -2.19. The van der Waals surface area contributed by atoms with E-state index < -0.39 is 10.0 Å². The van der Waals surface area contributed by atoms with Crippen molar-refractivity contribution in [2.45, 2.75) is 11.4 Å². The van der Waals surface area contributed by atoms with E-state index in [1.165, 1.54) is 19.4 Å². The largest absolute Gasteiger partial charge is 0.495 e. The minimum Gasteiger partial charge on any atom is -0.495 e. The smallest absolute Gasteiger partial charge is 0.263 e. The Hall–Kier alpha value is -1.03. The van der Waals surface area contributed by atoms with Crippen molar-refractivity contribution in [3.8, 4) is 5.75 Å². The third-order valence-corrected chi connectivity index (χ3v) is 5.35. The summed E-state index contributed by atoms with van der Waals surface area (Å²) in [6.45, 7) is 0.241. The van der Waals surface area contributed by atoms with Gasteiger partial charge in [-0.2, -0.15) is 0 Å². The number of rotatable bonds is 5. The molecule has 0 spiro atoms. The standard InChI is InChI=1S/C12H13Br2N3O3S/c1-20-12-4-11(9(13)3-10(12)14)17-21(18,19)8-2-7(5-15)16-6-8/h2-4,6,16-17H,5,15H2,1H3. The number of aromatic nitrogens is 1. The number of anilines is 1. The van der Waals surface area contributed by atoms with E-state index in [1.54, 1.807) is 12.1 Å². The average Bonchev–Trinajstić information content (AvgIpc) is 2.91. The molecule has 0 aliphatic heterocycles. The van der Waals surface area contributed by atoms with Crippen LogP contribution in [0.4, 0.5) is 5.69 Å². The van der Waals surface area contributed by atoms with Gasteiger partial charge < -0.3 is 15.5 Å². The van der Waals surface area contributed by atoms with Gasteiger partial charge >= 0.3 is 0 Å². The van der Waals surface area contributed by atoms with Crippen LogP contribution in [0.15, 0.2) is 38.2 Å². The summed E-state index contributed by atoms with van der Waals surface area (Å²) in [6, 6.07) is 4.79. The SMILES string of the molecule is COc1cc(NS(=O)(=O)c2c[nH]c(CN)c2)c(Br)cc1Br. The van der Waals surface area contributed by atoms with E-state index in [9.17, 15) is 8.42 Å². The van der Waals surface area contributed by atoms with Gasteiger partial charge in [-0.25, -0.2) is 8.42 Å². The number of nitrogens with one attached hydrogen (secondary N) is 2. The van der Waals surface area contributed by atoms with Crippen LogP contribution in [0.3, 0.4) is 0 Å². The molecule has 0 atom stereocenters. The maximum Gasteiger partial charge on any atom is 0.263 e. The van der Waals surface area contributed by atoms with Crippen molar-refractivity contribution in [3.05, 3.63) is 39.0 Å². The minimum absolute atomic E-state index is 0.122. The van der Waals surface area contributed by atoms with Gasteiger partial charge in [-0.1, -0.05) is 0 Å². The molecule has 2 rings (SSSR count). The topological polar surface area (TPSA) is 97.2 Å². The third-order valence-electron chi connectivity index (χ3n) is 2.73. The van der Waals surface area contributed by atoms with Gasteiger partial charge in [-0.05, 0) is 44.0 Å². The Kier molecular flexibility index (Phi) is 4.97. The number of nitrogens with two attached hydrogens (primary N) is 1. The number of sulfonamides is 1. The molecule has 1 heterocycles. The second-order valence-corrected chi connectivity index (χ2v) is 7.53. The van der Waals surface area contributed by atoms with Crippen LogP contribution < -0.4 is 15.2 Å². The van der Waals surface area contributed by atoms with E-state index in [2.05, 4.69) is 41.6 Å². The number of hydrogen-bond donors (Lipinski definition) is 3. The molecule has 114 valence electrons. The molecule has 0 bridgehead atoms. The highest BCUT2D eigenvalue weighted by Gasteiger charge is 2.18. The lowest BCUT2D eigenvalue weighted by atomic mass is 10.3. The first-order valence-corrected chi connectivity index (χ1v) is 8.87. The lowest BCUT2D eigenvalue weighted by molar-refractivity contribution is 0.412. The molecular weight excluding hydrogens is 426 g/mol. The minimum atomic E-state index is -3.70. The van der Waals surface area contributed by atoms with E-state index in [0.29, 0.717) is 26.1 Å². The molecule has 0 radical (unpaired) electrons. The zero-order valence-electron chi connectivity index (χ0n) is 11.0. The molecule has 0 saturated carbocycles. The molecule has 0 aliphatic rings. The van der Waals surface area contributed by atoms with Crippen molar-refractivity contribution in [2.24, 2.45) is 5.73 Å². The number of ether oxygens (including phenoxy) is 1. The Labute approximate surface area is 139 Å². The Morgan fingerprint density at radius 3 is 2.57 bits per heavy atom. The van der Waals surface area contributed by atoms with Crippen LogP contribution in [-0.4, -0.2) is 20.5 Å². The van der Waals surface area contributed by atoms with Crippen molar-refractivity contribution in [2.75, 3.05) is 11.8 Å². The molecule has 0 fully saturated rings. The molecule has 0 unspecified atom stereocenters. The number of benzene rings is 1. The molecule has 1 aromatic heterocycles. The Bertz CT molecular complexity index is 759. The van der Waals surface area contributed by atoms with Crippen LogP contribution in [0.2, 0.25) is 0 Å². The predicted octanol–water partition coefficient (Wildman–Crippen LogP) is 2.81. The molecule has 0 amide bonds. The highest BCUT2D eigenvalue weighted by atomic mass is 79.9. The molecule has 21 heavy (non-hydrogen) atoms. The first-order valence-electron chi connectivity index (χ1n) is 5.80. The lowest BCUT2D eigenvalue weighted by Crippen LogP contribution is -2.12. The first kappa shape index (κ1) is 16.3. The molecule has 6 nitrogen and oxygen atoms in total. The normalized spacial score (nSPS) is 11.4. The van der Waals surface area contributed by atoms with Crippen LogP contribution in [0, 0.1) is 0 Å². The fraction of sp³-hybridized carbons (Fsp3) is 0.167. The van der Waals surface area contributed by atoms with Gasteiger partial charge in [0.05, 0.1) is 17.3 Å². The van der Waals surface area contributed by atoms with Gasteiger partial charge in [-0.3, -0.25) is 4.72 Å². The number of halogens is 2. The fourth-order valence-electron chi connectivity index (χ4n) is 1.66. The van der Waals surface area contributed by atoms with E-state index >= 15 is 0 Å². The van der Waals surface area contributed by atoms with Gasteiger partial charge in [0.15, 0.2) is 0 Å². The third kappa shape index (κ3) is 3.60. The van der Waals surface area contributed by atoms with Crippen LogP contribution in [0.25, 0.3) is 0 Å². The average molecular weight is 439 g/mol. The zero-order valence-corrected chi connectivity index (χ0v) is 15.0. The van der Waals surface area contributed by atoms with Crippen LogP contribution in [0.1, 0.15) is 5.69 Å². The summed E-state index contributed by atoms with van der Waals surface area (Å²) >= 11 is 6.64. The molecule has 2 aromatic rings. The maximum absolute atomic E-state index is 12.3. The molecule has 1 aromatic carbocycles. The second-order valence-electron chi connectivity index (χ2n) is 4.14. The lowest BCUT2D eigenvalue weighted by Gasteiger charge is -2.11. The van der Waals surface area contributed by atoms with Crippen LogP contribution in [0.5, 0.6) is 5.75 Å². The summed E-state index contributed by atoms with van der Waals surface area (Å²) in [5, 5.41) is 0. The van der Waals surface area contributed by atoms with Crippen molar-refractivity contribution in [3.63, 3.8) is 0 Å². The van der Waals surface area contributed by atoms with E-state index in [1.807, 2.05) is 0 Å². The second kappa shape index (κ2) is 6.39.